The van der Waals surface area contributed by atoms with Crippen LogP contribution >= 0.6 is 0 Å². The van der Waals surface area contributed by atoms with E-state index < -0.39 is 5.97 Å². The summed E-state index contributed by atoms with van der Waals surface area (Å²) in [6, 6.07) is 6.89. The Morgan fingerprint density at radius 3 is 2.33 bits per heavy atom. The normalized spacial score (nSPS) is 14.8. The number of rotatable bonds is 10. The monoisotopic (exact) mass is 418 g/mol. The Bertz CT molecular complexity index is 667. The summed E-state index contributed by atoms with van der Waals surface area (Å²) in [4.78, 5) is 36.0. The van der Waals surface area contributed by atoms with Crippen molar-refractivity contribution in [3.05, 3.63) is 29.8 Å². The standard InChI is InChI=1S/C23H34N2O5/c1-2-3-15-29-20-13-11-18(12-14-20)23(28)24-16-22(27)30-17-21(26)25-19-9-7-5-4-6-8-10-19/h11-14,19H,2-10,15-17H2,1H3,(H,24,28)(H,25,26). The molecule has 0 aromatic heterocycles. The molecular weight excluding hydrogens is 384 g/mol. The van der Waals surface area contributed by atoms with E-state index in [-0.39, 0.29) is 31.0 Å². The van der Waals surface area contributed by atoms with Crippen LogP contribution in [0.4, 0.5) is 0 Å². The highest BCUT2D eigenvalue weighted by molar-refractivity contribution is 5.96. The predicted molar refractivity (Wildman–Crippen MR) is 114 cm³/mol. The minimum Gasteiger partial charge on any atom is -0.494 e. The fourth-order valence-electron chi connectivity index (χ4n) is 3.36. The molecule has 0 bridgehead atoms. The number of esters is 1. The van der Waals surface area contributed by atoms with Gasteiger partial charge in [0.25, 0.3) is 11.8 Å². The van der Waals surface area contributed by atoms with Crippen molar-refractivity contribution in [2.45, 2.75) is 70.8 Å². The summed E-state index contributed by atoms with van der Waals surface area (Å²) >= 11 is 0. The Balaban J connectivity index is 1.64. The molecule has 0 saturated heterocycles. The van der Waals surface area contributed by atoms with Gasteiger partial charge in [0.15, 0.2) is 6.61 Å². The van der Waals surface area contributed by atoms with Crippen molar-refractivity contribution in [3.8, 4) is 5.75 Å². The number of amides is 2. The first-order chi connectivity index (χ1) is 14.6. The molecule has 7 nitrogen and oxygen atoms in total. The van der Waals surface area contributed by atoms with Gasteiger partial charge in [-0.25, -0.2) is 0 Å². The zero-order valence-corrected chi connectivity index (χ0v) is 17.9. The lowest BCUT2D eigenvalue weighted by Crippen LogP contribution is -2.39. The number of carbonyl (C=O) groups excluding carboxylic acids is 3. The molecule has 0 radical (unpaired) electrons. The quantitative estimate of drug-likeness (QED) is 0.449. The van der Waals surface area contributed by atoms with Crippen molar-refractivity contribution in [2.75, 3.05) is 19.8 Å². The van der Waals surface area contributed by atoms with E-state index in [9.17, 15) is 14.4 Å². The lowest BCUT2D eigenvalue weighted by molar-refractivity contribution is -0.147. The van der Waals surface area contributed by atoms with Crippen LogP contribution in [0, 0.1) is 0 Å². The van der Waals surface area contributed by atoms with Gasteiger partial charge in [-0.2, -0.15) is 0 Å². The van der Waals surface area contributed by atoms with E-state index in [2.05, 4.69) is 17.6 Å². The maximum atomic E-state index is 12.1. The molecule has 0 aliphatic heterocycles. The van der Waals surface area contributed by atoms with Gasteiger partial charge in [0.1, 0.15) is 12.3 Å². The van der Waals surface area contributed by atoms with Gasteiger partial charge < -0.3 is 20.1 Å². The predicted octanol–water partition coefficient (Wildman–Crippen LogP) is 3.37. The largest absolute Gasteiger partial charge is 0.494 e. The van der Waals surface area contributed by atoms with Crippen molar-refractivity contribution in [2.24, 2.45) is 0 Å². The van der Waals surface area contributed by atoms with Crippen molar-refractivity contribution in [1.82, 2.24) is 10.6 Å². The average molecular weight is 419 g/mol. The van der Waals surface area contributed by atoms with Crippen LogP contribution in [0.15, 0.2) is 24.3 Å². The Hall–Kier alpha value is -2.57. The van der Waals surface area contributed by atoms with E-state index in [0.717, 1.165) is 38.5 Å². The molecule has 1 aromatic carbocycles. The molecule has 0 spiro atoms. The molecule has 0 atom stereocenters. The lowest BCUT2D eigenvalue weighted by Gasteiger charge is -2.20. The molecule has 0 unspecified atom stereocenters. The SMILES string of the molecule is CCCCOc1ccc(C(=O)NCC(=O)OCC(=O)NC2CCCCCCC2)cc1. The van der Waals surface area contributed by atoms with E-state index in [1.165, 1.54) is 19.3 Å². The number of hydrogen-bond acceptors (Lipinski definition) is 5. The van der Waals surface area contributed by atoms with Gasteiger partial charge in [-0.15, -0.1) is 0 Å². The van der Waals surface area contributed by atoms with Gasteiger partial charge >= 0.3 is 5.97 Å². The highest BCUT2D eigenvalue weighted by atomic mass is 16.5. The third-order valence-corrected chi connectivity index (χ3v) is 5.11. The number of ether oxygens (including phenoxy) is 2. The molecule has 1 aromatic rings. The van der Waals surface area contributed by atoms with Crippen LogP contribution in [0.3, 0.4) is 0 Å². The second-order valence-electron chi connectivity index (χ2n) is 7.68. The number of benzene rings is 1. The van der Waals surface area contributed by atoms with Crippen molar-refractivity contribution >= 4 is 17.8 Å². The second kappa shape index (κ2) is 13.6. The molecule has 30 heavy (non-hydrogen) atoms. The zero-order valence-electron chi connectivity index (χ0n) is 17.9. The van der Waals surface area contributed by atoms with Crippen LogP contribution < -0.4 is 15.4 Å². The molecule has 1 fully saturated rings. The summed E-state index contributed by atoms with van der Waals surface area (Å²) in [6.07, 6.45) is 9.87. The first-order valence-corrected chi connectivity index (χ1v) is 11.0. The molecule has 1 aliphatic carbocycles. The molecular formula is C23H34N2O5. The Kier molecular flexibility index (Phi) is 10.8. The van der Waals surface area contributed by atoms with Crippen LogP contribution in [-0.4, -0.2) is 43.6 Å². The first kappa shape index (κ1) is 23.7. The van der Waals surface area contributed by atoms with Crippen LogP contribution in [-0.2, 0) is 14.3 Å². The van der Waals surface area contributed by atoms with E-state index in [4.69, 9.17) is 9.47 Å². The zero-order chi connectivity index (χ0) is 21.6. The summed E-state index contributed by atoms with van der Waals surface area (Å²) in [5.41, 5.74) is 0.424. The molecule has 166 valence electrons. The van der Waals surface area contributed by atoms with Crippen molar-refractivity contribution in [1.29, 1.82) is 0 Å². The summed E-state index contributed by atoms with van der Waals surface area (Å²) in [7, 11) is 0. The smallest absolute Gasteiger partial charge is 0.325 e. The fourth-order valence-corrected chi connectivity index (χ4v) is 3.36. The van der Waals surface area contributed by atoms with Gasteiger partial charge in [0.2, 0.25) is 0 Å². The minimum absolute atomic E-state index is 0.158. The van der Waals surface area contributed by atoms with Crippen molar-refractivity contribution in [3.63, 3.8) is 0 Å². The van der Waals surface area contributed by atoms with Gasteiger partial charge in [-0.1, -0.05) is 45.4 Å². The molecule has 7 heteroatoms. The van der Waals surface area contributed by atoms with Crippen LogP contribution in [0.1, 0.15) is 75.1 Å². The maximum absolute atomic E-state index is 12.1. The maximum Gasteiger partial charge on any atom is 0.325 e. The third kappa shape index (κ3) is 9.29. The van der Waals surface area contributed by atoms with Gasteiger partial charge in [-0.3, -0.25) is 14.4 Å². The summed E-state index contributed by atoms with van der Waals surface area (Å²) in [6.45, 7) is 2.12. The van der Waals surface area contributed by atoms with Crippen LogP contribution in [0.25, 0.3) is 0 Å². The molecule has 0 heterocycles. The molecule has 1 saturated carbocycles. The topological polar surface area (TPSA) is 93.7 Å². The third-order valence-electron chi connectivity index (χ3n) is 5.11. The highest BCUT2D eigenvalue weighted by Gasteiger charge is 2.16. The Labute approximate surface area is 178 Å². The minimum atomic E-state index is -0.643. The van der Waals surface area contributed by atoms with Gasteiger partial charge in [-0.05, 0) is 43.5 Å². The summed E-state index contributed by atoms with van der Waals surface area (Å²) in [5, 5.41) is 5.45. The fraction of sp³-hybridized carbons (Fsp3) is 0.609. The van der Waals surface area contributed by atoms with Gasteiger partial charge in [0.05, 0.1) is 6.61 Å². The Morgan fingerprint density at radius 2 is 1.67 bits per heavy atom. The Morgan fingerprint density at radius 1 is 1.00 bits per heavy atom. The average Bonchev–Trinajstić information content (AvgIpc) is 2.73. The number of nitrogens with one attached hydrogen (secondary N) is 2. The molecule has 2 amide bonds. The van der Waals surface area contributed by atoms with Crippen LogP contribution in [0.5, 0.6) is 5.75 Å². The van der Waals surface area contributed by atoms with Crippen molar-refractivity contribution < 1.29 is 23.9 Å². The number of carbonyl (C=O) groups is 3. The first-order valence-electron chi connectivity index (χ1n) is 11.0. The van der Waals surface area contributed by atoms with Gasteiger partial charge in [0, 0.05) is 11.6 Å². The molecule has 2 rings (SSSR count). The van der Waals surface area contributed by atoms with E-state index >= 15 is 0 Å². The lowest BCUT2D eigenvalue weighted by atomic mass is 9.97. The molecule has 2 N–H and O–H groups in total. The number of hydrogen-bond donors (Lipinski definition) is 2. The van der Waals surface area contributed by atoms with E-state index in [0.29, 0.717) is 17.9 Å². The second-order valence-corrected chi connectivity index (χ2v) is 7.68. The van der Waals surface area contributed by atoms with E-state index in [1.807, 2.05) is 0 Å². The highest BCUT2D eigenvalue weighted by Crippen LogP contribution is 2.17. The molecule has 1 aliphatic rings. The summed E-state index contributed by atoms with van der Waals surface area (Å²) < 4.78 is 10.5. The van der Waals surface area contributed by atoms with Crippen LogP contribution in [0.2, 0.25) is 0 Å². The number of unbranched alkanes of at least 4 members (excludes halogenated alkanes) is 1. The van der Waals surface area contributed by atoms with E-state index in [1.54, 1.807) is 24.3 Å². The summed E-state index contributed by atoms with van der Waals surface area (Å²) in [5.74, 6) is -0.615.